The van der Waals surface area contributed by atoms with Gasteiger partial charge in [0.1, 0.15) is 5.82 Å². The van der Waals surface area contributed by atoms with Gasteiger partial charge in [-0.15, -0.1) is 0 Å². The first-order chi connectivity index (χ1) is 12.3. The Hall–Kier alpha value is -1.88. The summed E-state index contributed by atoms with van der Waals surface area (Å²) in [6.07, 6.45) is 7.31. The monoisotopic (exact) mass is 341 g/mol. The number of hydrogen-bond acceptors (Lipinski definition) is 5. The molecule has 5 heteroatoms. The van der Waals surface area contributed by atoms with Gasteiger partial charge in [0.25, 0.3) is 0 Å². The van der Waals surface area contributed by atoms with E-state index in [1.54, 1.807) is 0 Å². The third kappa shape index (κ3) is 5.05. The predicted molar refractivity (Wildman–Crippen MR) is 106 cm³/mol. The summed E-state index contributed by atoms with van der Waals surface area (Å²) in [5, 5.41) is 8.20. The van der Waals surface area contributed by atoms with Gasteiger partial charge in [-0.1, -0.05) is 38.3 Å². The largest absolute Gasteiger partial charge is 0.367 e. The summed E-state index contributed by atoms with van der Waals surface area (Å²) >= 11 is 0. The van der Waals surface area contributed by atoms with Crippen LogP contribution in [0, 0.1) is 0 Å². The van der Waals surface area contributed by atoms with E-state index in [9.17, 15) is 0 Å². The lowest BCUT2D eigenvalue weighted by molar-refractivity contribution is 0.264. The Balaban J connectivity index is 1.71. The average molecular weight is 342 g/mol. The van der Waals surface area contributed by atoms with Gasteiger partial charge in [-0.2, -0.15) is 4.98 Å². The number of rotatable bonds is 8. The molecule has 0 unspecified atom stereocenters. The van der Waals surface area contributed by atoms with Crippen LogP contribution >= 0.6 is 0 Å². The highest BCUT2D eigenvalue weighted by Gasteiger charge is 2.18. The topological polar surface area (TPSA) is 53.1 Å². The van der Waals surface area contributed by atoms with E-state index in [2.05, 4.69) is 52.7 Å². The molecule has 2 N–H and O–H groups in total. The van der Waals surface area contributed by atoms with Gasteiger partial charge in [0.05, 0.1) is 5.52 Å². The number of aromatic nitrogens is 2. The molecule has 1 aliphatic heterocycles. The summed E-state index contributed by atoms with van der Waals surface area (Å²) in [5.74, 6) is 1.71. The summed E-state index contributed by atoms with van der Waals surface area (Å²) in [7, 11) is 2.19. The van der Waals surface area contributed by atoms with Crippen LogP contribution in [-0.2, 0) is 0 Å². The van der Waals surface area contributed by atoms with E-state index in [0.29, 0.717) is 6.04 Å². The number of unbranched alkanes of at least 4 members (excludes halogenated alkanes) is 3. The predicted octanol–water partition coefficient (Wildman–Crippen LogP) is 4.13. The minimum absolute atomic E-state index is 0.493. The summed E-state index contributed by atoms with van der Waals surface area (Å²) in [6.45, 7) is 5.46. The molecule has 25 heavy (non-hydrogen) atoms. The fraction of sp³-hybridized carbons (Fsp3) is 0.600. The maximum absolute atomic E-state index is 4.78. The highest BCUT2D eigenvalue weighted by Crippen LogP contribution is 2.24. The van der Waals surface area contributed by atoms with Gasteiger partial charge in [-0.25, -0.2) is 4.98 Å². The summed E-state index contributed by atoms with van der Waals surface area (Å²) in [4.78, 5) is 11.9. The summed E-state index contributed by atoms with van der Waals surface area (Å²) in [5.41, 5.74) is 1.00. The summed E-state index contributed by atoms with van der Waals surface area (Å²) < 4.78 is 0. The Morgan fingerprint density at radius 2 is 1.88 bits per heavy atom. The lowest BCUT2D eigenvalue weighted by atomic mass is 10.1. The van der Waals surface area contributed by atoms with Crippen LogP contribution in [-0.4, -0.2) is 47.6 Å². The molecule has 0 aliphatic carbocycles. The number of anilines is 2. The number of nitrogens with zero attached hydrogens (tertiary/aromatic N) is 3. The van der Waals surface area contributed by atoms with Gasteiger partial charge in [0.15, 0.2) is 0 Å². The molecule has 0 spiro atoms. The van der Waals surface area contributed by atoms with Crippen molar-refractivity contribution in [1.29, 1.82) is 0 Å². The summed E-state index contributed by atoms with van der Waals surface area (Å²) in [6, 6.07) is 8.77. The lowest BCUT2D eigenvalue weighted by Gasteiger charge is -2.30. The van der Waals surface area contributed by atoms with Crippen LogP contribution in [0.25, 0.3) is 10.9 Å². The van der Waals surface area contributed by atoms with Gasteiger partial charge in [-0.3, -0.25) is 0 Å². The van der Waals surface area contributed by atoms with Gasteiger partial charge < -0.3 is 15.5 Å². The van der Waals surface area contributed by atoms with E-state index in [0.717, 1.165) is 55.1 Å². The van der Waals surface area contributed by atoms with Crippen molar-refractivity contribution in [3.8, 4) is 0 Å². The number of para-hydroxylation sites is 1. The smallest absolute Gasteiger partial charge is 0.225 e. The molecule has 2 aromatic rings. The third-order valence-electron chi connectivity index (χ3n) is 4.98. The van der Waals surface area contributed by atoms with Gasteiger partial charge in [-0.05, 0) is 51.5 Å². The van der Waals surface area contributed by atoms with E-state index in [1.165, 1.54) is 25.7 Å². The molecule has 0 amide bonds. The Morgan fingerprint density at radius 3 is 2.68 bits per heavy atom. The Labute approximate surface area is 151 Å². The number of nitrogens with one attached hydrogen (secondary N) is 2. The molecule has 0 saturated carbocycles. The zero-order valence-corrected chi connectivity index (χ0v) is 15.6. The van der Waals surface area contributed by atoms with Crippen LogP contribution in [0.2, 0.25) is 0 Å². The molecule has 0 radical (unpaired) electrons. The van der Waals surface area contributed by atoms with Crippen molar-refractivity contribution < 1.29 is 0 Å². The quantitative estimate of drug-likeness (QED) is 0.707. The molecule has 1 aromatic heterocycles. The van der Waals surface area contributed by atoms with E-state index >= 15 is 0 Å². The highest BCUT2D eigenvalue weighted by molar-refractivity contribution is 5.90. The number of benzene rings is 1. The molecule has 1 aliphatic rings. The van der Waals surface area contributed by atoms with Gasteiger partial charge in [0.2, 0.25) is 5.95 Å². The Morgan fingerprint density at radius 1 is 1.08 bits per heavy atom. The molecular formula is C20H31N5. The van der Waals surface area contributed by atoms with Gasteiger partial charge >= 0.3 is 0 Å². The maximum atomic E-state index is 4.78. The van der Waals surface area contributed by atoms with Crippen molar-refractivity contribution in [2.45, 2.75) is 51.5 Å². The first-order valence-corrected chi connectivity index (χ1v) is 9.72. The molecule has 136 valence electrons. The molecule has 1 aromatic carbocycles. The number of piperidine rings is 1. The number of likely N-dealkylation sites (tertiary alicyclic amines) is 1. The van der Waals surface area contributed by atoms with Crippen molar-refractivity contribution in [3.05, 3.63) is 24.3 Å². The van der Waals surface area contributed by atoms with E-state index in [1.807, 2.05) is 6.07 Å². The number of fused-ring (bicyclic) bond motifs is 1. The SMILES string of the molecule is CCCCCCNc1nc(NC2CCN(C)CC2)c2ccccc2n1. The van der Waals surface area contributed by atoms with E-state index < -0.39 is 0 Å². The van der Waals surface area contributed by atoms with Crippen molar-refractivity contribution in [3.63, 3.8) is 0 Å². The molecule has 5 nitrogen and oxygen atoms in total. The normalized spacial score (nSPS) is 16.2. The Kier molecular flexibility index (Phi) is 6.45. The van der Waals surface area contributed by atoms with E-state index in [4.69, 9.17) is 4.98 Å². The fourth-order valence-corrected chi connectivity index (χ4v) is 3.36. The van der Waals surface area contributed by atoms with Crippen LogP contribution in [0.3, 0.4) is 0 Å². The highest BCUT2D eigenvalue weighted by atomic mass is 15.2. The minimum atomic E-state index is 0.493. The standard InChI is InChI=1S/C20H31N5/c1-3-4-5-8-13-21-20-23-18-10-7-6-9-17(18)19(24-20)22-16-11-14-25(2)15-12-16/h6-7,9-10,16H,3-5,8,11-15H2,1-2H3,(H2,21,22,23,24). The van der Waals surface area contributed by atoms with Crippen molar-refractivity contribution in [2.75, 3.05) is 37.3 Å². The third-order valence-corrected chi connectivity index (χ3v) is 4.98. The first kappa shape index (κ1) is 17.9. The number of hydrogen-bond donors (Lipinski definition) is 2. The van der Waals surface area contributed by atoms with E-state index in [-0.39, 0.29) is 0 Å². The van der Waals surface area contributed by atoms with Crippen LogP contribution in [0.15, 0.2) is 24.3 Å². The van der Waals surface area contributed by atoms with Crippen LogP contribution in [0.4, 0.5) is 11.8 Å². The zero-order chi connectivity index (χ0) is 17.5. The second-order valence-electron chi connectivity index (χ2n) is 7.12. The second-order valence-corrected chi connectivity index (χ2v) is 7.12. The molecule has 2 heterocycles. The molecule has 1 saturated heterocycles. The van der Waals surface area contributed by atoms with Crippen molar-refractivity contribution in [2.24, 2.45) is 0 Å². The molecule has 1 fully saturated rings. The van der Waals surface area contributed by atoms with Crippen molar-refractivity contribution in [1.82, 2.24) is 14.9 Å². The molecule has 0 atom stereocenters. The molecule has 0 bridgehead atoms. The molecule has 3 rings (SSSR count). The first-order valence-electron chi connectivity index (χ1n) is 9.72. The second kappa shape index (κ2) is 8.99. The zero-order valence-electron chi connectivity index (χ0n) is 15.6. The molecular weight excluding hydrogens is 310 g/mol. The minimum Gasteiger partial charge on any atom is -0.367 e. The van der Waals surface area contributed by atoms with Crippen LogP contribution < -0.4 is 10.6 Å². The fourth-order valence-electron chi connectivity index (χ4n) is 3.36. The Bertz CT molecular complexity index is 664. The average Bonchev–Trinajstić information content (AvgIpc) is 2.63. The van der Waals surface area contributed by atoms with Crippen LogP contribution in [0.1, 0.15) is 45.4 Å². The van der Waals surface area contributed by atoms with Gasteiger partial charge in [0, 0.05) is 18.0 Å². The lowest BCUT2D eigenvalue weighted by Crippen LogP contribution is -2.37. The van der Waals surface area contributed by atoms with Crippen molar-refractivity contribution >= 4 is 22.7 Å². The maximum Gasteiger partial charge on any atom is 0.225 e. The van der Waals surface area contributed by atoms with Crippen LogP contribution in [0.5, 0.6) is 0 Å².